The standard InChI is InChI=1S/C17H28N2O5Si/c1-17(2,3)25(4,5)24-15(9-18)12-6-7-14(21)13(8-12)19(11-20)10-16(22)23/h6-8,11,15,21H,9-10,18H2,1-5H3,(H,22,23). The van der Waals surface area contributed by atoms with Gasteiger partial charge >= 0.3 is 5.97 Å². The zero-order valence-electron chi connectivity index (χ0n) is 15.4. The van der Waals surface area contributed by atoms with Crippen LogP contribution in [0.25, 0.3) is 0 Å². The minimum absolute atomic E-state index is 0.00168. The molecule has 140 valence electrons. The molecule has 25 heavy (non-hydrogen) atoms. The van der Waals surface area contributed by atoms with Crippen molar-refractivity contribution >= 4 is 26.4 Å². The number of benzene rings is 1. The maximum atomic E-state index is 11.2. The molecule has 1 atom stereocenters. The van der Waals surface area contributed by atoms with Gasteiger partial charge in [0.15, 0.2) is 8.32 Å². The number of amides is 1. The fourth-order valence-electron chi connectivity index (χ4n) is 2.08. The van der Waals surface area contributed by atoms with E-state index in [9.17, 15) is 14.7 Å². The van der Waals surface area contributed by atoms with Gasteiger partial charge in [0.05, 0.1) is 11.8 Å². The van der Waals surface area contributed by atoms with E-state index in [0.29, 0.717) is 12.0 Å². The Balaban J connectivity index is 3.21. The Morgan fingerprint density at radius 1 is 1.40 bits per heavy atom. The van der Waals surface area contributed by atoms with E-state index in [0.717, 1.165) is 4.90 Å². The van der Waals surface area contributed by atoms with Crippen LogP contribution in [0.3, 0.4) is 0 Å². The minimum atomic E-state index is -2.08. The Hall–Kier alpha value is -1.90. The van der Waals surface area contributed by atoms with E-state index in [1.165, 1.54) is 6.07 Å². The number of nitrogens with two attached hydrogens (primary N) is 1. The van der Waals surface area contributed by atoms with E-state index in [1.807, 2.05) is 0 Å². The van der Waals surface area contributed by atoms with Crippen LogP contribution >= 0.6 is 0 Å². The average Bonchev–Trinajstić information content (AvgIpc) is 2.50. The van der Waals surface area contributed by atoms with Crippen LogP contribution in [0.15, 0.2) is 18.2 Å². The van der Waals surface area contributed by atoms with Gasteiger partial charge in [0.1, 0.15) is 12.3 Å². The molecule has 7 nitrogen and oxygen atoms in total. The number of carbonyl (C=O) groups is 2. The minimum Gasteiger partial charge on any atom is -0.506 e. The van der Waals surface area contributed by atoms with Crippen molar-refractivity contribution in [2.24, 2.45) is 5.73 Å². The van der Waals surface area contributed by atoms with Gasteiger partial charge in [-0.15, -0.1) is 0 Å². The molecule has 1 rings (SSSR count). The molecule has 0 aliphatic heterocycles. The SMILES string of the molecule is CC(C)(C)[Si](C)(C)OC(CN)c1ccc(O)c(N(C=O)CC(=O)O)c1. The molecule has 0 radical (unpaired) electrons. The molecule has 1 unspecified atom stereocenters. The highest BCUT2D eigenvalue weighted by Gasteiger charge is 2.39. The number of hydrogen-bond acceptors (Lipinski definition) is 5. The van der Waals surface area contributed by atoms with Crippen molar-refractivity contribution in [1.29, 1.82) is 0 Å². The van der Waals surface area contributed by atoms with E-state index in [2.05, 4.69) is 33.9 Å². The normalized spacial score (nSPS) is 13.4. The second-order valence-corrected chi connectivity index (χ2v) is 12.2. The van der Waals surface area contributed by atoms with Crippen molar-refractivity contribution < 1.29 is 24.2 Å². The number of aromatic hydroxyl groups is 1. The van der Waals surface area contributed by atoms with Gasteiger partial charge in [0.2, 0.25) is 6.41 Å². The van der Waals surface area contributed by atoms with E-state index < -0.39 is 26.9 Å². The summed E-state index contributed by atoms with van der Waals surface area (Å²) in [6, 6.07) is 4.64. The Kier molecular flexibility index (Phi) is 6.75. The van der Waals surface area contributed by atoms with E-state index in [1.54, 1.807) is 12.1 Å². The van der Waals surface area contributed by atoms with Gasteiger partial charge in [-0.1, -0.05) is 26.8 Å². The van der Waals surface area contributed by atoms with E-state index in [-0.39, 0.29) is 23.0 Å². The summed E-state index contributed by atoms with van der Waals surface area (Å²) < 4.78 is 6.34. The lowest BCUT2D eigenvalue weighted by Crippen LogP contribution is -2.43. The maximum Gasteiger partial charge on any atom is 0.323 e. The summed E-state index contributed by atoms with van der Waals surface area (Å²) in [4.78, 5) is 23.0. The number of carboxylic acid groups (broad SMARTS) is 1. The molecule has 1 aromatic carbocycles. The molecule has 0 saturated heterocycles. The Morgan fingerprint density at radius 3 is 2.44 bits per heavy atom. The monoisotopic (exact) mass is 368 g/mol. The number of phenols is 1. The molecule has 1 aromatic rings. The average molecular weight is 369 g/mol. The van der Waals surface area contributed by atoms with Crippen molar-refractivity contribution in [3.05, 3.63) is 23.8 Å². The van der Waals surface area contributed by atoms with Gasteiger partial charge in [-0.2, -0.15) is 0 Å². The van der Waals surface area contributed by atoms with Crippen LogP contribution in [0.4, 0.5) is 5.69 Å². The zero-order valence-corrected chi connectivity index (χ0v) is 16.4. The van der Waals surface area contributed by atoms with Gasteiger partial charge in [-0.3, -0.25) is 9.59 Å². The summed E-state index contributed by atoms with van der Waals surface area (Å²) in [6.07, 6.45) is -0.0300. The van der Waals surface area contributed by atoms with Crippen molar-refractivity contribution in [2.75, 3.05) is 18.0 Å². The Morgan fingerprint density at radius 2 is 2.00 bits per heavy atom. The summed E-state index contributed by atoms with van der Waals surface area (Å²) in [7, 11) is -2.08. The number of phenolic OH excluding ortho intramolecular Hbond substituents is 1. The van der Waals surface area contributed by atoms with Crippen LogP contribution in [0.1, 0.15) is 32.4 Å². The molecule has 0 fully saturated rings. The van der Waals surface area contributed by atoms with Gasteiger partial charge in [-0.25, -0.2) is 0 Å². The number of hydrogen-bond donors (Lipinski definition) is 3. The zero-order chi connectivity index (χ0) is 19.4. The lowest BCUT2D eigenvalue weighted by molar-refractivity contribution is -0.136. The number of nitrogens with zero attached hydrogens (tertiary/aromatic N) is 1. The summed E-state index contributed by atoms with van der Waals surface area (Å²) in [5.74, 6) is -1.36. The third kappa shape index (κ3) is 5.28. The van der Waals surface area contributed by atoms with Crippen LogP contribution in [0.5, 0.6) is 5.75 Å². The highest BCUT2D eigenvalue weighted by Crippen LogP contribution is 2.40. The second kappa shape index (κ2) is 7.98. The first-order valence-electron chi connectivity index (χ1n) is 8.07. The molecule has 8 heteroatoms. The molecular weight excluding hydrogens is 340 g/mol. The largest absolute Gasteiger partial charge is 0.506 e. The third-order valence-electron chi connectivity index (χ3n) is 4.57. The van der Waals surface area contributed by atoms with Crippen LogP contribution in [0.2, 0.25) is 18.1 Å². The second-order valence-electron chi connectivity index (χ2n) is 7.48. The van der Waals surface area contributed by atoms with Gasteiger partial charge in [-0.05, 0) is 35.8 Å². The molecule has 0 heterocycles. The lowest BCUT2D eigenvalue weighted by Gasteiger charge is -2.39. The van der Waals surface area contributed by atoms with E-state index >= 15 is 0 Å². The lowest BCUT2D eigenvalue weighted by atomic mass is 10.1. The first-order chi connectivity index (χ1) is 11.4. The summed E-state index contributed by atoms with van der Waals surface area (Å²) >= 11 is 0. The summed E-state index contributed by atoms with van der Waals surface area (Å²) in [5, 5.41) is 18.9. The van der Waals surface area contributed by atoms with Crippen molar-refractivity contribution in [2.45, 2.75) is 45.0 Å². The van der Waals surface area contributed by atoms with Gasteiger partial charge in [0.25, 0.3) is 0 Å². The predicted octanol–water partition coefficient (Wildman–Crippen LogP) is 2.46. The first kappa shape index (κ1) is 21.1. The maximum absolute atomic E-state index is 11.2. The van der Waals surface area contributed by atoms with Crippen molar-refractivity contribution in [1.82, 2.24) is 0 Å². The molecule has 0 aromatic heterocycles. The molecule has 0 bridgehead atoms. The predicted molar refractivity (Wildman–Crippen MR) is 99.2 cm³/mol. The molecule has 1 amide bonds. The molecule has 0 saturated carbocycles. The topological polar surface area (TPSA) is 113 Å². The number of rotatable bonds is 8. The highest BCUT2D eigenvalue weighted by atomic mass is 28.4. The van der Waals surface area contributed by atoms with Crippen molar-refractivity contribution in [3.8, 4) is 5.75 Å². The summed E-state index contributed by atoms with van der Waals surface area (Å²) in [6.45, 7) is 10.3. The van der Waals surface area contributed by atoms with Gasteiger partial charge < -0.3 is 25.3 Å². The third-order valence-corrected chi connectivity index (χ3v) is 9.06. The first-order valence-corrected chi connectivity index (χ1v) is 11.0. The van der Waals surface area contributed by atoms with Crippen LogP contribution in [-0.4, -0.2) is 44.0 Å². The van der Waals surface area contributed by atoms with E-state index in [4.69, 9.17) is 15.3 Å². The number of carboxylic acids is 1. The quantitative estimate of drug-likeness (QED) is 0.480. The Bertz CT molecular complexity index is 628. The summed E-state index contributed by atoms with van der Waals surface area (Å²) in [5.41, 5.74) is 6.70. The van der Waals surface area contributed by atoms with Crippen LogP contribution in [-0.2, 0) is 14.0 Å². The van der Waals surface area contributed by atoms with Gasteiger partial charge in [0, 0.05) is 6.54 Å². The number of carbonyl (C=O) groups excluding carboxylic acids is 1. The smallest absolute Gasteiger partial charge is 0.323 e. The van der Waals surface area contributed by atoms with Crippen molar-refractivity contribution in [3.63, 3.8) is 0 Å². The highest BCUT2D eigenvalue weighted by molar-refractivity contribution is 6.74. The van der Waals surface area contributed by atoms with Crippen LogP contribution in [0, 0.1) is 0 Å². The number of aliphatic carboxylic acids is 1. The number of anilines is 1. The fourth-order valence-corrected chi connectivity index (χ4v) is 3.38. The Labute approximate surface area is 149 Å². The molecule has 0 aliphatic rings. The fraction of sp³-hybridized carbons (Fsp3) is 0.529. The molecule has 0 spiro atoms. The molecular formula is C17H28N2O5Si. The molecule has 0 aliphatic carbocycles. The van der Waals surface area contributed by atoms with Crippen LogP contribution < -0.4 is 10.6 Å². The molecule has 4 N–H and O–H groups in total.